The van der Waals surface area contributed by atoms with E-state index in [2.05, 4.69) is 18.3 Å². The molecule has 0 radical (unpaired) electrons. The van der Waals surface area contributed by atoms with Gasteiger partial charge >= 0.3 is 0 Å². The highest BCUT2D eigenvalue weighted by molar-refractivity contribution is 5.93. The van der Waals surface area contributed by atoms with Crippen LogP contribution in [0.3, 0.4) is 0 Å². The number of furan rings is 1. The van der Waals surface area contributed by atoms with E-state index < -0.39 is 5.91 Å². The highest BCUT2D eigenvalue weighted by atomic mass is 16.3. The minimum Gasteiger partial charge on any atom is -0.466 e. The van der Waals surface area contributed by atoms with Crippen LogP contribution in [0.1, 0.15) is 51.5 Å². The summed E-state index contributed by atoms with van der Waals surface area (Å²) in [6.45, 7) is 8.77. The van der Waals surface area contributed by atoms with Gasteiger partial charge in [-0.15, -0.1) is 0 Å². The van der Waals surface area contributed by atoms with Gasteiger partial charge in [-0.05, 0) is 57.0 Å². The van der Waals surface area contributed by atoms with Crippen LogP contribution in [0.15, 0.2) is 28.7 Å². The summed E-state index contributed by atoms with van der Waals surface area (Å²) in [6.07, 6.45) is 0. The minimum absolute atomic E-state index is 0.206. The number of nitrogens with one attached hydrogen (secondary N) is 1. The van der Waals surface area contributed by atoms with Crippen molar-refractivity contribution in [1.29, 1.82) is 0 Å². The molecule has 112 valence electrons. The van der Waals surface area contributed by atoms with Gasteiger partial charge in [-0.1, -0.05) is 6.07 Å². The average Bonchev–Trinajstić information content (AvgIpc) is 2.75. The van der Waals surface area contributed by atoms with Gasteiger partial charge < -0.3 is 15.5 Å². The van der Waals surface area contributed by atoms with Crippen LogP contribution in [0.5, 0.6) is 0 Å². The van der Waals surface area contributed by atoms with Crippen molar-refractivity contribution in [3.05, 3.63) is 58.0 Å². The number of carbonyl (C=O) groups is 1. The Morgan fingerprint density at radius 2 is 2.00 bits per heavy atom. The van der Waals surface area contributed by atoms with Crippen molar-refractivity contribution in [1.82, 2.24) is 5.32 Å². The molecule has 1 unspecified atom stereocenters. The Hall–Kier alpha value is -2.07. The van der Waals surface area contributed by atoms with Crippen LogP contribution in [0.2, 0.25) is 0 Å². The van der Waals surface area contributed by atoms with Gasteiger partial charge in [-0.3, -0.25) is 4.79 Å². The van der Waals surface area contributed by atoms with E-state index in [0.717, 1.165) is 29.2 Å². The number of aryl methyl sites for hydroxylation is 3. The first-order chi connectivity index (χ1) is 9.88. The van der Waals surface area contributed by atoms with Gasteiger partial charge in [0.2, 0.25) is 5.91 Å². The molecule has 4 nitrogen and oxygen atoms in total. The molecule has 0 aliphatic carbocycles. The lowest BCUT2D eigenvalue weighted by Crippen LogP contribution is -2.19. The number of rotatable bonds is 5. The molecule has 2 rings (SSSR count). The summed E-state index contributed by atoms with van der Waals surface area (Å²) in [4.78, 5) is 11.2. The molecule has 1 aromatic heterocycles. The highest BCUT2D eigenvalue weighted by Crippen LogP contribution is 2.22. The van der Waals surface area contributed by atoms with E-state index in [4.69, 9.17) is 10.2 Å². The molecule has 0 saturated heterocycles. The summed E-state index contributed by atoms with van der Waals surface area (Å²) < 4.78 is 5.56. The van der Waals surface area contributed by atoms with Crippen LogP contribution in [-0.4, -0.2) is 5.91 Å². The molecule has 4 heteroatoms. The van der Waals surface area contributed by atoms with E-state index in [9.17, 15) is 4.79 Å². The Kier molecular flexibility index (Phi) is 4.48. The van der Waals surface area contributed by atoms with Gasteiger partial charge in [0.05, 0.1) is 0 Å². The summed E-state index contributed by atoms with van der Waals surface area (Å²) in [7, 11) is 0. The summed E-state index contributed by atoms with van der Waals surface area (Å²) in [5.74, 6) is 1.49. The summed E-state index contributed by atoms with van der Waals surface area (Å²) in [5.41, 5.74) is 9.23. The lowest BCUT2D eigenvalue weighted by molar-refractivity contribution is 0.1000. The molecule has 3 N–H and O–H groups in total. The molecule has 1 amide bonds. The number of amides is 1. The summed E-state index contributed by atoms with van der Waals surface area (Å²) in [5, 5.41) is 3.48. The maximum atomic E-state index is 11.2. The lowest BCUT2D eigenvalue weighted by Gasteiger charge is -2.15. The van der Waals surface area contributed by atoms with Gasteiger partial charge in [0.15, 0.2) is 0 Å². The lowest BCUT2D eigenvalue weighted by atomic mass is 10.0. The van der Waals surface area contributed by atoms with Crippen molar-refractivity contribution in [3.63, 3.8) is 0 Å². The van der Waals surface area contributed by atoms with Crippen molar-refractivity contribution >= 4 is 5.91 Å². The molecule has 1 heterocycles. The van der Waals surface area contributed by atoms with Crippen LogP contribution in [-0.2, 0) is 6.54 Å². The average molecular weight is 286 g/mol. The maximum absolute atomic E-state index is 11.2. The molecule has 0 bridgehead atoms. The monoisotopic (exact) mass is 286 g/mol. The van der Waals surface area contributed by atoms with Crippen molar-refractivity contribution in [2.45, 2.75) is 40.3 Å². The van der Waals surface area contributed by atoms with Crippen LogP contribution < -0.4 is 11.1 Å². The SMILES string of the molecule is Cc1cc(C(C)NCc2ccc(C(N)=O)cc2C)c(C)o1. The van der Waals surface area contributed by atoms with Gasteiger partial charge in [0, 0.05) is 23.7 Å². The predicted molar refractivity (Wildman–Crippen MR) is 83.1 cm³/mol. The smallest absolute Gasteiger partial charge is 0.248 e. The fourth-order valence-electron chi connectivity index (χ4n) is 2.50. The molecule has 2 aromatic rings. The zero-order chi connectivity index (χ0) is 15.6. The van der Waals surface area contributed by atoms with Crippen LogP contribution in [0.4, 0.5) is 0 Å². The van der Waals surface area contributed by atoms with Crippen molar-refractivity contribution < 1.29 is 9.21 Å². The fourth-order valence-corrected chi connectivity index (χ4v) is 2.50. The zero-order valence-corrected chi connectivity index (χ0v) is 13.0. The standard InChI is InChI=1S/C17H22N2O2/c1-10-7-14(17(18)20)5-6-15(10)9-19-12(3)16-8-11(2)21-13(16)4/h5-8,12,19H,9H2,1-4H3,(H2,18,20). The van der Waals surface area contributed by atoms with Crippen molar-refractivity contribution in [2.75, 3.05) is 0 Å². The molecule has 0 aliphatic heterocycles. The van der Waals surface area contributed by atoms with Crippen molar-refractivity contribution in [2.24, 2.45) is 5.73 Å². The third kappa shape index (κ3) is 3.52. The van der Waals surface area contributed by atoms with Gasteiger partial charge in [0.25, 0.3) is 0 Å². The van der Waals surface area contributed by atoms with E-state index in [1.165, 1.54) is 5.56 Å². The number of carbonyl (C=O) groups excluding carboxylic acids is 1. The normalized spacial score (nSPS) is 12.4. The number of nitrogens with two attached hydrogens (primary N) is 1. The number of primary amides is 1. The molecule has 1 atom stereocenters. The Labute approximate surface area is 125 Å². The Balaban J connectivity index is 2.06. The minimum atomic E-state index is -0.393. The van der Waals surface area contributed by atoms with Gasteiger partial charge in [0.1, 0.15) is 11.5 Å². The zero-order valence-electron chi connectivity index (χ0n) is 13.0. The predicted octanol–water partition coefficient (Wildman–Crippen LogP) is 3.15. The van der Waals surface area contributed by atoms with E-state index in [-0.39, 0.29) is 6.04 Å². The van der Waals surface area contributed by atoms with Crippen LogP contribution in [0.25, 0.3) is 0 Å². The second-order valence-corrected chi connectivity index (χ2v) is 5.48. The first-order valence-corrected chi connectivity index (χ1v) is 7.08. The molecular formula is C17H22N2O2. The van der Waals surface area contributed by atoms with E-state index in [0.29, 0.717) is 5.56 Å². The van der Waals surface area contributed by atoms with E-state index in [1.807, 2.05) is 32.9 Å². The number of benzene rings is 1. The molecule has 0 saturated carbocycles. The van der Waals surface area contributed by atoms with E-state index in [1.54, 1.807) is 6.07 Å². The van der Waals surface area contributed by atoms with Gasteiger partial charge in [-0.2, -0.15) is 0 Å². The first kappa shape index (κ1) is 15.3. The Morgan fingerprint density at radius 1 is 1.29 bits per heavy atom. The molecule has 1 aromatic carbocycles. The first-order valence-electron chi connectivity index (χ1n) is 7.08. The molecule has 21 heavy (non-hydrogen) atoms. The third-order valence-corrected chi connectivity index (χ3v) is 3.77. The molecular weight excluding hydrogens is 264 g/mol. The Morgan fingerprint density at radius 3 is 2.52 bits per heavy atom. The molecule has 0 fully saturated rings. The van der Waals surface area contributed by atoms with E-state index >= 15 is 0 Å². The second kappa shape index (κ2) is 6.14. The second-order valence-electron chi connectivity index (χ2n) is 5.48. The summed E-state index contributed by atoms with van der Waals surface area (Å²) in [6, 6.07) is 7.82. The number of hydrogen-bond donors (Lipinski definition) is 2. The molecule has 0 spiro atoms. The Bertz CT molecular complexity index is 659. The van der Waals surface area contributed by atoms with Crippen molar-refractivity contribution in [3.8, 4) is 0 Å². The highest BCUT2D eigenvalue weighted by Gasteiger charge is 2.12. The van der Waals surface area contributed by atoms with Gasteiger partial charge in [-0.25, -0.2) is 0 Å². The quantitative estimate of drug-likeness (QED) is 0.887. The molecule has 0 aliphatic rings. The number of hydrogen-bond acceptors (Lipinski definition) is 3. The fraction of sp³-hybridized carbons (Fsp3) is 0.353. The maximum Gasteiger partial charge on any atom is 0.248 e. The van der Waals surface area contributed by atoms with Crippen LogP contribution in [0, 0.1) is 20.8 Å². The van der Waals surface area contributed by atoms with Crippen LogP contribution >= 0.6 is 0 Å². The topological polar surface area (TPSA) is 68.3 Å². The largest absolute Gasteiger partial charge is 0.466 e. The third-order valence-electron chi connectivity index (χ3n) is 3.77. The summed E-state index contributed by atoms with van der Waals surface area (Å²) >= 11 is 0.